The maximum Gasteiger partial charge on any atom is 0.269 e. The number of aromatic nitrogens is 2. The van der Waals surface area contributed by atoms with E-state index in [4.69, 9.17) is 0 Å². The average molecular weight is 243 g/mol. The molecule has 16 heavy (non-hydrogen) atoms. The van der Waals surface area contributed by atoms with Crippen LogP contribution < -0.4 is 5.32 Å². The third-order valence-electron chi connectivity index (χ3n) is 2.64. The van der Waals surface area contributed by atoms with Gasteiger partial charge in [-0.1, -0.05) is 0 Å². The molecule has 0 bridgehead atoms. The highest BCUT2D eigenvalue weighted by Gasteiger charge is 2.25. The first-order valence-electron chi connectivity index (χ1n) is 5.07. The molecule has 1 aromatic heterocycles. The van der Waals surface area contributed by atoms with Gasteiger partial charge in [0.2, 0.25) is 0 Å². The lowest BCUT2D eigenvalue weighted by Gasteiger charge is -2.22. The summed E-state index contributed by atoms with van der Waals surface area (Å²) in [5.41, 5.74) is 0.397. The standard InChI is InChI=1S/C9H13N3O3S/c13-9(8-1-4-10-12-8)11-7-2-5-16(14,15)6-3-7/h1,4,7H,2-3,5-6H2,(H,10,12)(H,11,13). The van der Waals surface area contributed by atoms with E-state index in [2.05, 4.69) is 15.5 Å². The number of nitrogens with zero attached hydrogens (tertiary/aromatic N) is 1. The minimum atomic E-state index is -2.88. The van der Waals surface area contributed by atoms with Gasteiger partial charge in [0.25, 0.3) is 5.91 Å². The first kappa shape index (κ1) is 11.1. The topological polar surface area (TPSA) is 91.9 Å². The molecule has 0 aromatic carbocycles. The predicted octanol–water partition coefficient (Wildman–Crippen LogP) is -0.283. The lowest BCUT2D eigenvalue weighted by Crippen LogP contribution is -2.40. The van der Waals surface area contributed by atoms with Crippen molar-refractivity contribution in [2.75, 3.05) is 11.5 Å². The lowest BCUT2D eigenvalue weighted by molar-refractivity contribution is 0.0929. The minimum absolute atomic E-state index is 0.0562. The summed E-state index contributed by atoms with van der Waals surface area (Å²) in [6, 6.07) is 1.52. The van der Waals surface area contributed by atoms with Gasteiger partial charge in [0.05, 0.1) is 11.5 Å². The number of rotatable bonds is 2. The fourth-order valence-corrected chi connectivity index (χ4v) is 3.17. The fourth-order valence-electron chi connectivity index (χ4n) is 1.68. The highest BCUT2D eigenvalue weighted by molar-refractivity contribution is 7.91. The van der Waals surface area contributed by atoms with Gasteiger partial charge in [0.15, 0.2) is 0 Å². The van der Waals surface area contributed by atoms with Crippen LogP contribution in [0.25, 0.3) is 0 Å². The Morgan fingerprint density at radius 2 is 2.12 bits per heavy atom. The molecule has 1 amide bonds. The third kappa shape index (κ3) is 2.60. The molecule has 0 unspecified atom stereocenters. The number of nitrogens with one attached hydrogen (secondary N) is 2. The van der Waals surface area contributed by atoms with Gasteiger partial charge in [0, 0.05) is 12.2 Å². The van der Waals surface area contributed by atoms with E-state index in [9.17, 15) is 13.2 Å². The highest BCUT2D eigenvalue weighted by atomic mass is 32.2. The van der Waals surface area contributed by atoms with E-state index in [1.807, 2.05) is 0 Å². The Hall–Kier alpha value is -1.37. The fraction of sp³-hybridized carbons (Fsp3) is 0.556. The van der Waals surface area contributed by atoms with Crippen molar-refractivity contribution >= 4 is 15.7 Å². The van der Waals surface area contributed by atoms with Gasteiger partial charge in [0.1, 0.15) is 15.5 Å². The van der Waals surface area contributed by atoms with Crippen molar-refractivity contribution < 1.29 is 13.2 Å². The first-order valence-corrected chi connectivity index (χ1v) is 6.90. The van der Waals surface area contributed by atoms with Gasteiger partial charge >= 0.3 is 0 Å². The van der Waals surface area contributed by atoms with Crippen LogP contribution in [0.1, 0.15) is 23.3 Å². The van der Waals surface area contributed by atoms with Gasteiger partial charge in [-0.2, -0.15) is 5.10 Å². The quantitative estimate of drug-likeness (QED) is 0.747. The second kappa shape index (κ2) is 4.25. The molecule has 1 fully saturated rings. The van der Waals surface area contributed by atoms with Crippen LogP contribution in [-0.2, 0) is 9.84 Å². The van der Waals surface area contributed by atoms with Crippen LogP contribution in [-0.4, -0.2) is 42.1 Å². The summed E-state index contributed by atoms with van der Waals surface area (Å²) in [5.74, 6) is 0.0729. The molecule has 0 atom stereocenters. The number of H-pyrrole nitrogens is 1. The Bertz CT molecular complexity index is 452. The third-order valence-corrected chi connectivity index (χ3v) is 4.35. The molecule has 7 heteroatoms. The maximum atomic E-state index is 11.6. The van der Waals surface area contributed by atoms with E-state index in [1.165, 1.54) is 6.20 Å². The average Bonchev–Trinajstić information content (AvgIpc) is 2.74. The molecule has 2 N–H and O–H groups in total. The number of sulfone groups is 1. The molecule has 0 radical (unpaired) electrons. The first-order chi connectivity index (χ1) is 7.57. The van der Waals surface area contributed by atoms with Crippen molar-refractivity contribution in [1.29, 1.82) is 0 Å². The molecule has 0 aliphatic carbocycles. The van der Waals surface area contributed by atoms with Crippen LogP contribution in [0.5, 0.6) is 0 Å². The van der Waals surface area contributed by atoms with E-state index >= 15 is 0 Å². The lowest BCUT2D eigenvalue weighted by atomic mass is 10.1. The van der Waals surface area contributed by atoms with Crippen LogP contribution in [0.4, 0.5) is 0 Å². The molecule has 1 aromatic rings. The monoisotopic (exact) mass is 243 g/mol. The Balaban J connectivity index is 1.90. The molecule has 0 saturated carbocycles. The van der Waals surface area contributed by atoms with Crippen LogP contribution in [0.15, 0.2) is 12.3 Å². The van der Waals surface area contributed by atoms with Crippen molar-refractivity contribution in [2.45, 2.75) is 18.9 Å². The summed E-state index contributed by atoms with van der Waals surface area (Å²) >= 11 is 0. The van der Waals surface area contributed by atoms with E-state index in [1.54, 1.807) is 6.07 Å². The molecule has 6 nitrogen and oxygen atoms in total. The number of carbonyl (C=O) groups is 1. The summed E-state index contributed by atoms with van der Waals surface area (Å²) in [6.45, 7) is 0. The summed E-state index contributed by atoms with van der Waals surface area (Å²) in [4.78, 5) is 11.6. The van der Waals surface area contributed by atoms with Crippen molar-refractivity contribution in [3.63, 3.8) is 0 Å². The molecular weight excluding hydrogens is 230 g/mol. The Morgan fingerprint density at radius 3 is 2.69 bits per heavy atom. The van der Waals surface area contributed by atoms with E-state index in [0.717, 1.165) is 0 Å². The second-order valence-electron chi connectivity index (χ2n) is 3.87. The van der Waals surface area contributed by atoms with E-state index < -0.39 is 9.84 Å². The van der Waals surface area contributed by atoms with E-state index in [-0.39, 0.29) is 23.5 Å². The number of hydrogen-bond donors (Lipinski definition) is 2. The summed E-state index contributed by atoms with van der Waals surface area (Å²) < 4.78 is 22.4. The van der Waals surface area contributed by atoms with Gasteiger partial charge < -0.3 is 5.32 Å². The Kier molecular flexibility index (Phi) is 2.95. The second-order valence-corrected chi connectivity index (χ2v) is 6.17. The largest absolute Gasteiger partial charge is 0.348 e. The SMILES string of the molecule is O=C(NC1CCS(=O)(=O)CC1)c1ccn[nH]1. The van der Waals surface area contributed by atoms with Gasteiger partial charge in [-0.25, -0.2) is 8.42 Å². The molecule has 1 aliphatic heterocycles. The zero-order valence-electron chi connectivity index (χ0n) is 8.64. The highest BCUT2D eigenvalue weighted by Crippen LogP contribution is 2.12. The smallest absolute Gasteiger partial charge is 0.269 e. The molecule has 0 spiro atoms. The maximum absolute atomic E-state index is 11.6. The normalized spacial score (nSPS) is 20.5. The zero-order valence-corrected chi connectivity index (χ0v) is 9.46. The van der Waals surface area contributed by atoms with Gasteiger partial charge in [-0.15, -0.1) is 0 Å². The van der Waals surface area contributed by atoms with Crippen molar-refractivity contribution in [3.05, 3.63) is 18.0 Å². The van der Waals surface area contributed by atoms with Crippen molar-refractivity contribution in [1.82, 2.24) is 15.5 Å². The van der Waals surface area contributed by atoms with Crippen LogP contribution in [0.3, 0.4) is 0 Å². The van der Waals surface area contributed by atoms with Crippen LogP contribution in [0, 0.1) is 0 Å². The van der Waals surface area contributed by atoms with Crippen molar-refractivity contribution in [3.8, 4) is 0 Å². The summed E-state index contributed by atoms with van der Waals surface area (Å²) in [6.07, 6.45) is 2.48. The van der Waals surface area contributed by atoms with Crippen LogP contribution in [0.2, 0.25) is 0 Å². The molecular formula is C9H13N3O3S. The Morgan fingerprint density at radius 1 is 1.44 bits per heavy atom. The number of carbonyl (C=O) groups excluding carboxylic acids is 1. The molecule has 88 valence electrons. The number of hydrogen-bond acceptors (Lipinski definition) is 4. The molecule has 2 rings (SSSR count). The predicted molar refractivity (Wildman–Crippen MR) is 57.7 cm³/mol. The Labute approximate surface area is 93.3 Å². The summed E-state index contributed by atoms with van der Waals surface area (Å²) in [5, 5.41) is 9.02. The van der Waals surface area contributed by atoms with Gasteiger partial charge in [-0.05, 0) is 18.9 Å². The summed E-state index contributed by atoms with van der Waals surface area (Å²) in [7, 11) is -2.88. The number of aromatic amines is 1. The zero-order chi connectivity index (χ0) is 11.6. The molecule has 1 aliphatic rings. The van der Waals surface area contributed by atoms with Crippen LogP contribution >= 0.6 is 0 Å². The minimum Gasteiger partial charge on any atom is -0.348 e. The van der Waals surface area contributed by atoms with Gasteiger partial charge in [-0.3, -0.25) is 9.89 Å². The molecule has 1 saturated heterocycles. The number of amides is 1. The molecule has 2 heterocycles. The van der Waals surface area contributed by atoms with E-state index in [0.29, 0.717) is 18.5 Å². The van der Waals surface area contributed by atoms with Crippen molar-refractivity contribution in [2.24, 2.45) is 0 Å².